The fourth-order valence-electron chi connectivity index (χ4n) is 5.32. The van der Waals surface area contributed by atoms with Crippen molar-refractivity contribution in [2.24, 2.45) is 11.3 Å². The Morgan fingerprint density at radius 3 is 2.67 bits per heavy atom. The summed E-state index contributed by atoms with van der Waals surface area (Å²) in [5.41, 5.74) is 1.18. The van der Waals surface area contributed by atoms with E-state index in [0.29, 0.717) is 11.8 Å². The molecule has 6 nitrogen and oxygen atoms in total. The summed E-state index contributed by atoms with van der Waals surface area (Å²) in [7, 11) is 0. The molecule has 1 spiro atoms. The van der Waals surface area contributed by atoms with Gasteiger partial charge in [-0.1, -0.05) is 19.3 Å². The molecule has 1 atom stereocenters. The molecule has 2 aromatic rings. The Balaban J connectivity index is 1.34. The van der Waals surface area contributed by atoms with Crippen LogP contribution in [0, 0.1) is 11.3 Å². The Bertz CT molecular complexity index is 807. The van der Waals surface area contributed by atoms with Gasteiger partial charge in [0.05, 0.1) is 0 Å². The molecule has 1 unspecified atom stereocenters. The Labute approximate surface area is 159 Å². The minimum absolute atomic E-state index is 0.209. The molecular formula is C21H27N5O. The number of carbonyl (C=O) groups excluding carboxylic acids is 1. The van der Waals surface area contributed by atoms with E-state index in [4.69, 9.17) is 4.98 Å². The van der Waals surface area contributed by atoms with Gasteiger partial charge in [-0.3, -0.25) is 14.9 Å². The summed E-state index contributed by atoms with van der Waals surface area (Å²) in [6, 6.07) is 3.86. The first kappa shape index (κ1) is 16.9. The van der Waals surface area contributed by atoms with Gasteiger partial charge in [0, 0.05) is 43.4 Å². The van der Waals surface area contributed by atoms with Crippen molar-refractivity contribution in [1.29, 1.82) is 0 Å². The van der Waals surface area contributed by atoms with Crippen molar-refractivity contribution in [3.05, 3.63) is 30.4 Å². The zero-order valence-electron chi connectivity index (χ0n) is 15.7. The number of nitrogens with zero attached hydrogens (tertiary/aromatic N) is 4. The van der Waals surface area contributed by atoms with Crippen LogP contribution in [0.15, 0.2) is 24.5 Å². The zero-order chi connectivity index (χ0) is 18.3. The highest BCUT2D eigenvalue weighted by Crippen LogP contribution is 2.55. The predicted octanol–water partition coefficient (Wildman–Crippen LogP) is 3.54. The van der Waals surface area contributed by atoms with Crippen LogP contribution in [-0.2, 0) is 4.79 Å². The second-order valence-electron chi connectivity index (χ2n) is 8.68. The molecular weight excluding hydrogens is 338 g/mol. The Morgan fingerprint density at radius 2 is 1.96 bits per heavy atom. The van der Waals surface area contributed by atoms with Crippen molar-refractivity contribution in [3.8, 4) is 11.4 Å². The molecule has 1 N–H and O–H groups in total. The van der Waals surface area contributed by atoms with Crippen molar-refractivity contribution in [2.45, 2.75) is 57.3 Å². The average molecular weight is 365 g/mol. The van der Waals surface area contributed by atoms with E-state index in [1.807, 2.05) is 12.1 Å². The van der Waals surface area contributed by atoms with Gasteiger partial charge in [-0.2, -0.15) is 5.10 Å². The van der Waals surface area contributed by atoms with Crippen LogP contribution in [0.2, 0.25) is 0 Å². The standard InChI is InChI=1S/C21H27N5O/c27-18(12-15-4-1-2-5-15)26-13-17(21(14-26)8-3-9-21)20-23-19(24-25-20)16-6-10-22-11-7-16/h6-7,10-11,15,17H,1-5,8-9,12-14H2,(H,23,24,25). The molecule has 0 aromatic carbocycles. The second kappa shape index (κ2) is 6.73. The Morgan fingerprint density at radius 1 is 1.19 bits per heavy atom. The van der Waals surface area contributed by atoms with E-state index in [9.17, 15) is 4.79 Å². The molecule has 0 radical (unpaired) electrons. The van der Waals surface area contributed by atoms with Gasteiger partial charge >= 0.3 is 0 Å². The summed E-state index contributed by atoms with van der Waals surface area (Å²) in [5.74, 6) is 2.90. The lowest BCUT2D eigenvalue weighted by atomic mass is 9.62. The molecule has 1 aliphatic heterocycles. The van der Waals surface area contributed by atoms with E-state index < -0.39 is 0 Å². The smallest absolute Gasteiger partial charge is 0.222 e. The van der Waals surface area contributed by atoms with E-state index in [1.165, 1.54) is 44.9 Å². The van der Waals surface area contributed by atoms with Gasteiger partial charge in [-0.05, 0) is 49.1 Å². The molecule has 3 heterocycles. The van der Waals surface area contributed by atoms with E-state index in [0.717, 1.165) is 36.7 Å². The minimum atomic E-state index is 0.209. The molecule has 27 heavy (non-hydrogen) atoms. The van der Waals surface area contributed by atoms with E-state index >= 15 is 0 Å². The maximum absolute atomic E-state index is 12.9. The van der Waals surface area contributed by atoms with Crippen LogP contribution in [0.4, 0.5) is 0 Å². The van der Waals surface area contributed by atoms with Gasteiger partial charge in [0.15, 0.2) is 5.82 Å². The van der Waals surface area contributed by atoms with Crippen LogP contribution in [0.5, 0.6) is 0 Å². The summed E-state index contributed by atoms with van der Waals surface area (Å²) in [6.45, 7) is 1.69. The van der Waals surface area contributed by atoms with Gasteiger partial charge in [0.25, 0.3) is 0 Å². The number of carbonyl (C=O) groups is 1. The second-order valence-corrected chi connectivity index (χ2v) is 8.68. The Hall–Kier alpha value is -2.24. The third-order valence-electron chi connectivity index (χ3n) is 7.06. The molecule has 3 aliphatic rings. The first-order chi connectivity index (χ1) is 13.2. The number of hydrogen-bond acceptors (Lipinski definition) is 4. The van der Waals surface area contributed by atoms with E-state index in [1.54, 1.807) is 12.4 Å². The SMILES string of the molecule is O=C(CC1CCCC1)N1CC(c2nc(-c3ccncc3)n[nH]2)C2(CCC2)C1. The molecule has 3 fully saturated rings. The summed E-state index contributed by atoms with van der Waals surface area (Å²) >= 11 is 0. The van der Waals surface area contributed by atoms with Crippen molar-refractivity contribution < 1.29 is 4.79 Å². The van der Waals surface area contributed by atoms with Gasteiger partial charge < -0.3 is 4.90 Å². The highest BCUT2D eigenvalue weighted by atomic mass is 16.2. The molecule has 1 saturated heterocycles. The summed E-state index contributed by atoms with van der Waals surface area (Å²) in [5, 5.41) is 7.62. The topological polar surface area (TPSA) is 74.8 Å². The number of nitrogens with one attached hydrogen (secondary N) is 1. The number of pyridine rings is 1. The van der Waals surface area contributed by atoms with Crippen LogP contribution in [0.3, 0.4) is 0 Å². The van der Waals surface area contributed by atoms with Gasteiger partial charge in [0.2, 0.25) is 5.91 Å². The lowest BCUT2D eigenvalue weighted by Gasteiger charge is -2.41. The average Bonchev–Trinajstić information content (AvgIpc) is 3.40. The highest BCUT2D eigenvalue weighted by molar-refractivity contribution is 5.77. The number of likely N-dealkylation sites (tertiary alicyclic amines) is 1. The Kier molecular flexibility index (Phi) is 4.21. The molecule has 2 aliphatic carbocycles. The monoisotopic (exact) mass is 365 g/mol. The summed E-state index contributed by atoms with van der Waals surface area (Å²) < 4.78 is 0. The highest BCUT2D eigenvalue weighted by Gasteiger charge is 2.53. The number of amides is 1. The van der Waals surface area contributed by atoms with Crippen LogP contribution >= 0.6 is 0 Å². The molecule has 5 rings (SSSR count). The normalized spacial score (nSPS) is 24.4. The van der Waals surface area contributed by atoms with Crippen LogP contribution in [0.1, 0.15) is 63.1 Å². The largest absolute Gasteiger partial charge is 0.341 e. The molecule has 142 valence electrons. The zero-order valence-corrected chi connectivity index (χ0v) is 15.7. The van der Waals surface area contributed by atoms with Crippen molar-refractivity contribution in [3.63, 3.8) is 0 Å². The van der Waals surface area contributed by atoms with Crippen LogP contribution in [-0.4, -0.2) is 44.1 Å². The fourth-order valence-corrected chi connectivity index (χ4v) is 5.32. The molecule has 6 heteroatoms. The predicted molar refractivity (Wildman–Crippen MR) is 102 cm³/mol. The van der Waals surface area contributed by atoms with Gasteiger partial charge in [-0.25, -0.2) is 4.98 Å². The number of aromatic nitrogens is 4. The fraction of sp³-hybridized carbons (Fsp3) is 0.619. The van der Waals surface area contributed by atoms with Crippen LogP contribution < -0.4 is 0 Å². The van der Waals surface area contributed by atoms with Crippen molar-refractivity contribution >= 4 is 5.91 Å². The van der Waals surface area contributed by atoms with Gasteiger partial charge in [0.1, 0.15) is 5.82 Å². The first-order valence-electron chi connectivity index (χ1n) is 10.3. The molecule has 2 saturated carbocycles. The first-order valence-corrected chi connectivity index (χ1v) is 10.3. The number of H-pyrrole nitrogens is 1. The summed E-state index contributed by atoms with van der Waals surface area (Å²) in [6.07, 6.45) is 12.9. The lowest BCUT2D eigenvalue weighted by Crippen LogP contribution is -2.38. The third-order valence-corrected chi connectivity index (χ3v) is 7.06. The molecule has 0 bridgehead atoms. The maximum atomic E-state index is 12.9. The molecule has 2 aromatic heterocycles. The quantitative estimate of drug-likeness (QED) is 0.899. The van der Waals surface area contributed by atoms with Crippen LogP contribution in [0.25, 0.3) is 11.4 Å². The minimum Gasteiger partial charge on any atom is -0.341 e. The van der Waals surface area contributed by atoms with E-state index in [-0.39, 0.29) is 11.3 Å². The maximum Gasteiger partial charge on any atom is 0.222 e. The van der Waals surface area contributed by atoms with Gasteiger partial charge in [-0.15, -0.1) is 0 Å². The number of aromatic amines is 1. The summed E-state index contributed by atoms with van der Waals surface area (Å²) in [4.78, 5) is 23.9. The lowest BCUT2D eigenvalue weighted by molar-refractivity contribution is -0.131. The van der Waals surface area contributed by atoms with Crippen molar-refractivity contribution in [1.82, 2.24) is 25.1 Å². The number of hydrogen-bond donors (Lipinski definition) is 1. The van der Waals surface area contributed by atoms with Crippen molar-refractivity contribution in [2.75, 3.05) is 13.1 Å². The molecule has 1 amide bonds. The number of rotatable bonds is 4. The third kappa shape index (κ3) is 3.05. The van der Waals surface area contributed by atoms with E-state index in [2.05, 4.69) is 20.1 Å².